The predicted molar refractivity (Wildman–Crippen MR) is 61.3 cm³/mol. The fourth-order valence-electron chi connectivity index (χ4n) is 2.98. The molecule has 1 aliphatic carbocycles. The van der Waals surface area contributed by atoms with Crippen molar-refractivity contribution in [1.82, 2.24) is 5.32 Å². The number of carbonyl (C=O) groups is 1. The van der Waals surface area contributed by atoms with Crippen LogP contribution in [0.25, 0.3) is 0 Å². The Kier molecular flexibility index (Phi) is 2.24. The molecule has 17 heavy (non-hydrogen) atoms. The Labute approximate surface area is 99.3 Å². The van der Waals surface area contributed by atoms with Gasteiger partial charge in [0.2, 0.25) is 0 Å². The van der Waals surface area contributed by atoms with Gasteiger partial charge in [-0.25, -0.2) is 0 Å². The lowest BCUT2D eigenvalue weighted by atomic mass is 9.66. The van der Waals surface area contributed by atoms with Crippen LogP contribution >= 0.6 is 0 Å². The molecule has 3 rings (SSSR count). The molecule has 1 atom stereocenters. The minimum atomic E-state index is -0.893. The second kappa shape index (κ2) is 3.55. The van der Waals surface area contributed by atoms with Crippen LogP contribution in [0.4, 0.5) is 0 Å². The summed E-state index contributed by atoms with van der Waals surface area (Å²) in [4.78, 5) is 10.8. The third-order valence-corrected chi connectivity index (χ3v) is 3.95. The van der Waals surface area contributed by atoms with Crippen molar-refractivity contribution in [2.24, 2.45) is 5.92 Å². The number of fused-ring (bicyclic) bond motifs is 1. The van der Waals surface area contributed by atoms with E-state index in [0.717, 1.165) is 12.1 Å². The van der Waals surface area contributed by atoms with E-state index in [1.807, 2.05) is 24.3 Å². The summed E-state index contributed by atoms with van der Waals surface area (Å²) in [6.07, 6.45) is 0.683. The number of hydrogen-bond donors (Lipinski definition) is 3. The number of aliphatic hydroxyl groups is 1. The lowest BCUT2D eigenvalue weighted by molar-refractivity contribution is -0.162. The first-order valence-electron chi connectivity index (χ1n) is 5.86. The smallest absolute Gasteiger partial charge is 0.306 e. The quantitative estimate of drug-likeness (QED) is 0.714. The number of nitrogens with one attached hydrogen (secondary N) is 1. The Morgan fingerprint density at radius 2 is 2.06 bits per heavy atom. The highest BCUT2D eigenvalue weighted by molar-refractivity contribution is 5.71. The Balaban J connectivity index is 1.82. The minimum Gasteiger partial charge on any atom is -0.481 e. The van der Waals surface area contributed by atoms with Crippen molar-refractivity contribution in [3.05, 3.63) is 35.4 Å². The van der Waals surface area contributed by atoms with Gasteiger partial charge in [-0.1, -0.05) is 24.3 Å². The molecule has 0 saturated heterocycles. The van der Waals surface area contributed by atoms with Crippen LogP contribution in [-0.4, -0.2) is 21.8 Å². The highest BCUT2D eigenvalue weighted by atomic mass is 16.4. The van der Waals surface area contributed by atoms with E-state index in [0.29, 0.717) is 12.8 Å². The number of carboxylic acid groups (broad SMARTS) is 1. The Hall–Kier alpha value is -1.39. The molecule has 1 saturated carbocycles. The van der Waals surface area contributed by atoms with Gasteiger partial charge in [-0.2, -0.15) is 0 Å². The monoisotopic (exact) mass is 233 g/mol. The van der Waals surface area contributed by atoms with Gasteiger partial charge in [-0.3, -0.25) is 4.79 Å². The molecule has 2 aliphatic rings. The molecule has 1 aromatic rings. The van der Waals surface area contributed by atoms with E-state index in [9.17, 15) is 9.90 Å². The molecule has 3 N–H and O–H groups in total. The van der Waals surface area contributed by atoms with Gasteiger partial charge in [0, 0.05) is 6.54 Å². The summed E-state index contributed by atoms with van der Waals surface area (Å²) in [7, 11) is 0. The number of rotatable bonds is 2. The van der Waals surface area contributed by atoms with Crippen molar-refractivity contribution in [2.75, 3.05) is 0 Å². The second-order valence-corrected chi connectivity index (χ2v) is 5.06. The predicted octanol–water partition coefficient (Wildman–Crippen LogP) is 1.06. The lowest BCUT2D eigenvalue weighted by Gasteiger charge is -2.45. The topological polar surface area (TPSA) is 69.6 Å². The molecule has 1 unspecified atom stereocenters. The van der Waals surface area contributed by atoms with Gasteiger partial charge >= 0.3 is 5.97 Å². The van der Waals surface area contributed by atoms with E-state index in [2.05, 4.69) is 5.32 Å². The Bertz CT molecular complexity index is 465. The number of carboxylic acids is 1. The zero-order valence-electron chi connectivity index (χ0n) is 9.39. The summed E-state index contributed by atoms with van der Waals surface area (Å²) in [6.45, 7) is 0.751. The lowest BCUT2D eigenvalue weighted by Crippen LogP contribution is -2.53. The normalized spacial score (nSPS) is 35.1. The molecule has 90 valence electrons. The second-order valence-electron chi connectivity index (χ2n) is 5.06. The van der Waals surface area contributed by atoms with Crippen LogP contribution in [-0.2, 0) is 11.3 Å². The average Bonchev–Trinajstić information content (AvgIpc) is 2.68. The summed E-state index contributed by atoms with van der Waals surface area (Å²) in [5, 5.41) is 22.6. The standard InChI is InChI=1S/C13H15NO3/c15-12(16)9-5-13(17,6-9)11-10-4-2-1-3-8(10)7-14-11/h1-4,9,11,14,17H,5-7H2,(H,15,16). The van der Waals surface area contributed by atoms with Crippen LogP contribution in [0.1, 0.15) is 30.0 Å². The summed E-state index contributed by atoms with van der Waals surface area (Å²) in [5.41, 5.74) is 1.42. The number of aliphatic carboxylic acids is 1. The zero-order valence-corrected chi connectivity index (χ0v) is 9.39. The summed E-state index contributed by atoms with van der Waals surface area (Å²) < 4.78 is 0. The van der Waals surface area contributed by atoms with Gasteiger partial charge in [-0.05, 0) is 24.0 Å². The van der Waals surface area contributed by atoms with E-state index < -0.39 is 17.5 Å². The molecule has 0 amide bonds. The summed E-state index contributed by atoms with van der Waals surface area (Å²) >= 11 is 0. The van der Waals surface area contributed by atoms with E-state index in [1.54, 1.807) is 0 Å². The highest BCUT2D eigenvalue weighted by Crippen LogP contribution is 2.48. The van der Waals surface area contributed by atoms with Crippen LogP contribution < -0.4 is 5.32 Å². The molecular weight excluding hydrogens is 218 g/mol. The Morgan fingerprint density at radius 3 is 2.76 bits per heavy atom. The van der Waals surface area contributed by atoms with Crippen molar-refractivity contribution < 1.29 is 15.0 Å². The fourth-order valence-corrected chi connectivity index (χ4v) is 2.98. The summed E-state index contributed by atoms with van der Waals surface area (Å²) in [6, 6.07) is 7.86. The van der Waals surface area contributed by atoms with E-state index in [1.165, 1.54) is 5.56 Å². The minimum absolute atomic E-state index is 0.116. The maximum atomic E-state index is 10.8. The first-order valence-corrected chi connectivity index (χ1v) is 5.86. The van der Waals surface area contributed by atoms with Gasteiger partial charge in [0.15, 0.2) is 0 Å². The van der Waals surface area contributed by atoms with Crippen molar-refractivity contribution in [3.63, 3.8) is 0 Å². The van der Waals surface area contributed by atoms with Crippen molar-refractivity contribution >= 4 is 5.97 Å². The van der Waals surface area contributed by atoms with E-state index in [4.69, 9.17) is 5.11 Å². The van der Waals surface area contributed by atoms with Crippen LogP contribution in [0.2, 0.25) is 0 Å². The molecule has 0 bridgehead atoms. The highest BCUT2D eigenvalue weighted by Gasteiger charge is 2.52. The van der Waals surface area contributed by atoms with Crippen LogP contribution in [0.15, 0.2) is 24.3 Å². The molecule has 1 heterocycles. The van der Waals surface area contributed by atoms with Gasteiger partial charge in [0.1, 0.15) is 0 Å². The fraction of sp³-hybridized carbons (Fsp3) is 0.462. The maximum absolute atomic E-state index is 10.8. The molecule has 0 spiro atoms. The van der Waals surface area contributed by atoms with E-state index >= 15 is 0 Å². The van der Waals surface area contributed by atoms with Crippen LogP contribution in [0.5, 0.6) is 0 Å². The molecule has 1 aromatic carbocycles. The molecule has 1 aliphatic heterocycles. The summed E-state index contributed by atoms with van der Waals surface area (Å²) in [5.74, 6) is -1.20. The maximum Gasteiger partial charge on any atom is 0.306 e. The third-order valence-electron chi connectivity index (χ3n) is 3.95. The molecule has 0 aromatic heterocycles. The van der Waals surface area contributed by atoms with Gasteiger partial charge in [0.25, 0.3) is 0 Å². The molecule has 4 heteroatoms. The average molecular weight is 233 g/mol. The molecular formula is C13H15NO3. The van der Waals surface area contributed by atoms with Crippen molar-refractivity contribution in [1.29, 1.82) is 0 Å². The molecule has 0 radical (unpaired) electrons. The zero-order chi connectivity index (χ0) is 12.0. The van der Waals surface area contributed by atoms with Crippen molar-refractivity contribution in [2.45, 2.75) is 31.0 Å². The van der Waals surface area contributed by atoms with Crippen molar-refractivity contribution in [3.8, 4) is 0 Å². The van der Waals surface area contributed by atoms with Crippen LogP contribution in [0, 0.1) is 5.92 Å². The Morgan fingerprint density at radius 1 is 1.35 bits per heavy atom. The SMILES string of the molecule is O=C(O)C1CC(O)(C2NCc3ccccc32)C1. The molecule has 1 fully saturated rings. The van der Waals surface area contributed by atoms with E-state index in [-0.39, 0.29) is 6.04 Å². The largest absolute Gasteiger partial charge is 0.481 e. The number of hydrogen-bond acceptors (Lipinski definition) is 3. The van der Waals surface area contributed by atoms with Gasteiger partial charge < -0.3 is 15.5 Å². The number of benzene rings is 1. The van der Waals surface area contributed by atoms with Gasteiger partial charge in [0.05, 0.1) is 17.6 Å². The first-order chi connectivity index (χ1) is 8.10. The molecule has 4 nitrogen and oxygen atoms in total. The first kappa shape index (κ1) is 10.7. The van der Waals surface area contributed by atoms with Crippen LogP contribution in [0.3, 0.4) is 0 Å². The van der Waals surface area contributed by atoms with Gasteiger partial charge in [-0.15, -0.1) is 0 Å². The third kappa shape index (κ3) is 1.56.